The van der Waals surface area contributed by atoms with Crippen LogP contribution in [-0.2, 0) is 0 Å². The topological polar surface area (TPSA) is 32.3 Å². The van der Waals surface area contributed by atoms with E-state index in [0.29, 0.717) is 6.04 Å². The van der Waals surface area contributed by atoms with Crippen LogP contribution in [0.2, 0.25) is 0 Å². The summed E-state index contributed by atoms with van der Waals surface area (Å²) in [6.45, 7) is 0.202. The van der Waals surface area contributed by atoms with Crippen LogP contribution in [0.1, 0.15) is 24.4 Å². The first-order valence-electron chi connectivity index (χ1n) is 5.47. The van der Waals surface area contributed by atoms with Gasteiger partial charge in [0.05, 0.1) is 6.61 Å². The Labute approximate surface area is 90.6 Å². The molecule has 0 unspecified atom stereocenters. The molecular weight excluding hydrogens is 186 g/mol. The summed E-state index contributed by atoms with van der Waals surface area (Å²) in [5.41, 5.74) is 1.29. The Morgan fingerprint density at radius 1 is 1.13 bits per heavy atom. The molecule has 0 amide bonds. The van der Waals surface area contributed by atoms with E-state index in [1.807, 2.05) is 6.07 Å². The predicted molar refractivity (Wildman–Crippen MR) is 61.6 cm³/mol. The average molecular weight is 203 g/mol. The van der Waals surface area contributed by atoms with E-state index < -0.39 is 0 Å². The van der Waals surface area contributed by atoms with Gasteiger partial charge >= 0.3 is 0 Å². The highest BCUT2D eigenvalue weighted by atomic mass is 16.3. The monoisotopic (exact) mass is 203 g/mol. The van der Waals surface area contributed by atoms with E-state index in [-0.39, 0.29) is 12.6 Å². The summed E-state index contributed by atoms with van der Waals surface area (Å²) in [5.74, 6) is 0. The maximum Gasteiger partial charge on any atom is 0.0587 e. The second-order valence-electron chi connectivity index (χ2n) is 3.95. The lowest BCUT2D eigenvalue weighted by Gasteiger charge is -2.21. The summed E-state index contributed by atoms with van der Waals surface area (Å²) in [5, 5.41) is 12.7. The third-order valence-corrected chi connectivity index (χ3v) is 2.82. The largest absolute Gasteiger partial charge is 0.395 e. The molecule has 0 spiro atoms. The molecule has 0 aliphatic carbocycles. The number of hydrogen-bond donors (Lipinski definition) is 2. The highest BCUT2D eigenvalue weighted by Crippen LogP contribution is 2.20. The summed E-state index contributed by atoms with van der Waals surface area (Å²) in [7, 11) is 0. The first kappa shape index (κ1) is 10.4. The third kappa shape index (κ3) is 2.67. The molecule has 0 aromatic heterocycles. The number of aliphatic hydroxyl groups is 1. The van der Waals surface area contributed by atoms with Crippen LogP contribution in [0.3, 0.4) is 0 Å². The lowest BCUT2D eigenvalue weighted by atomic mass is 10.0. The van der Waals surface area contributed by atoms with Crippen molar-refractivity contribution < 1.29 is 5.11 Å². The Hall–Kier alpha value is -1.12. The zero-order valence-corrected chi connectivity index (χ0v) is 8.76. The van der Waals surface area contributed by atoms with Gasteiger partial charge in [0.1, 0.15) is 0 Å². The van der Waals surface area contributed by atoms with Gasteiger partial charge < -0.3 is 10.4 Å². The standard InChI is InChI=1S/C13H17NO/c15-10-12-8-4-5-9-13(14-12)11-6-2-1-3-7-11/h1-7,12-15H,8-10H2/t12-,13+/m0/s1. The van der Waals surface area contributed by atoms with E-state index in [2.05, 4.69) is 41.7 Å². The summed E-state index contributed by atoms with van der Waals surface area (Å²) in [4.78, 5) is 0. The van der Waals surface area contributed by atoms with Gasteiger partial charge in [0.25, 0.3) is 0 Å². The van der Waals surface area contributed by atoms with Gasteiger partial charge in [0.15, 0.2) is 0 Å². The Bertz CT molecular complexity index is 321. The molecule has 1 aliphatic heterocycles. The van der Waals surface area contributed by atoms with E-state index in [9.17, 15) is 5.11 Å². The van der Waals surface area contributed by atoms with Gasteiger partial charge in [-0.15, -0.1) is 0 Å². The first-order valence-corrected chi connectivity index (χ1v) is 5.47. The fourth-order valence-corrected chi connectivity index (χ4v) is 1.96. The molecule has 0 saturated heterocycles. The molecule has 1 aromatic carbocycles. The molecule has 2 atom stereocenters. The molecule has 0 bridgehead atoms. The maximum absolute atomic E-state index is 9.18. The number of nitrogens with one attached hydrogen (secondary N) is 1. The number of rotatable bonds is 2. The van der Waals surface area contributed by atoms with Crippen LogP contribution in [-0.4, -0.2) is 17.8 Å². The second-order valence-corrected chi connectivity index (χ2v) is 3.95. The molecule has 0 fully saturated rings. The zero-order chi connectivity index (χ0) is 10.5. The van der Waals surface area contributed by atoms with Gasteiger partial charge in [-0.2, -0.15) is 0 Å². The maximum atomic E-state index is 9.18. The van der Waals surface area contributed by atoms with E-state index in [1.165, 1.54) is 5.56 Å². The Morgan fingerprint density at radius 2 is 1.87 bits per heavy atom. The van der Waals surface area contributed by atoms with Gasteiger partial charge in [-0.05, 0) is 18.4 Å². The van der Waals surface area contributed by atoms with E-state index in [1.54, 1.807) is 0 Å². The zero-order valence-electron chi connectivity index (χ0n) is 8.76. The van der Waals surface area contributed by atoms with Crippen LogP contribution in [0.5, 0.6) is 0 Å². The van der Waals surface area contributed by atoms with E-state index in [0.717, 1.165) is 12.8 Å². The normalized spacial score (nSPS) is 26.2. The van der Waals surface area contributed by atoms with E-state index >= 15 is 0 Å². The lowest BCUT2D eigenvalue weighted by Crippen LogP contribution is -2.34. The van der Waals surface area contributed by atoms with Crippen molar-refractivity contribution in [3.63, 3.8) is 0 Å². The minimum absolute atomic E-state index is 0.189. The minimum Gasteiger partial charge on any atom is -0.395 e. The third-order valence-electron chi connectivity index (χ3n) is 2.82. The molecule has 15 heavy (non-hydrogen) atoms. The average Bonchev–Trinajstić information content (AvgIpc) is 2.55. The van der Waals surface area contributed by atoms with Crippen molar-refractivity contribution in [1.29, 1.82) is 0 Å². The summed E-state index contributed by atoms with van der Waals surface area (Å²) in [6, 6.07) is 10.9. The van der Waals surface area contributed by atoms with Gasteiger partial charge in [-0.25, -0.2) is 0 Å². The predicted octanol–water partition coefficient (Wildman–Crippen LogP) is 2.03. The van der Waals surface area contributed by atoms with Crippen LogP contribution in [0.25, 0.3) is 0 Å². The molecule has 1 aromatic rings. The van der Waals surface area contributed by atoms with Crippen LogP contribution in [0, 0.1) is 0 Å². The Kier molecular flexibility index (Phi) is 3.54. The summed E-state index contributed by atoms with van der Waals surface area (Å²) in [6.07, 6.45) is 6.26. The Morgan fingerprint density at radius 3 is 2.60 bits per heavy atom. The SMILES string of the molecule is OC[C@@H]1CC=CC[C@H](c2ccccc2)N1. The van der Waals surface area contributed by atoms with Crippen molar-refractivity contribution in [3.05, 3.63) is 48.0 Å². The molecule has 2 rings (SSSR count). The summed E-state index contributed by atoms with van der Waals surface area (Å²) >= 11 is 0. The molecule has 2 N–H and O–H groups in total. The van der Waals surface area contributed by atoms with Gasteiger partial charge in [0, 0.05) is 12.1 Å². The van der Waals surface area contributed by atoms with Gasteiger partial charge in [-0.3, -0.25) is 0 Å². The smallest absolute Gasteiger partial charge is 0.0587 e. The van der Waals surface area contributed by atoms with E-state index in [4.69, 9.17) is 0 Å². The molecule has 1 heterocycles. The van der Waals surface area contributed by atoms with Crippen LogP contribution in [0.4, 0.5) is 0 Å². The minimum atomic E-state index is 0.189. The fourth-order valence-electron chi connectivity index (χ4n) is 1.96. The van der Waals surface area contributed by atoms with Crippen molar-refractivity contribution >= 4 is 0 Å². The van der Waals surface area contributed by atoms with Crippen molar-refractivity contribution in [2.24, 2.45) is 0 Å². The molecule has 1 aliphatic rings. The summed E-state index contributed by atoms with van der Waals surface area (Å²) < 4.78 is 0. The van der Waals surface area contributed by atoms with Crippen molar-refractivity contribution in [3.8, 4) is 0 Å². The molecule has 0 radical (unpaired) electrons. The molecule has 2 heteroatoms. The highest BCUT2D eigenvalue weighted by Gasteiger charge is 2.16. The van der Waals surface area contributed by atoms with Gasteiger partial charge in [-0.1, -0.05) is 42.5 Å². The fraction of sp³-hybridized carbons (Fsp3) is 0.385. The number of benzene rings is 1. The van der Waals surface area contributed by atoms with Crippen molar-refractivity contribution in [2.45, 2.75) is 24.9 Å². The van der Waals surface area contributed by atoms with Crippen LogP contribution in [0.15, 0.2) is 42.5 Å². The number of hydrogen-bond acceptors (Lipinski definition) is 2. The van der Waals surface area contributed by atoms with Crippen LogP contribution < -0.4 is 5.32 Å². The highest BCUT2D eigenvalue weighted by molar-refractivity contribution is 5.20. The number of aliphatic hydroxyl groups excluding tert-OH is 1. The van der Waals surface area contributed by atoms with Crippen molar-refractivity contribution in [1.82, 2.24) is 5.32 Å². The van der Waals surface area contributed by atoms with Gasteiger partial charge in [0.2, 0.25) is 0 Å². The van der Waals surface area contributed by atoms with Crippen LogP contribution >= 0.6 is 0 Å². The van der Waals surface area contributed by atoms with Crippen molar-refractivity contribution in [2.75, 3.05) is 6.61 Å². The Balaban J connectivity index is 2.12. The quantitative estimate of drug-likeness (QED) is 0.721. The molecule has 0 saturated carbocycles. The second kappa shape index (κ2) is 5.10. The molecular formula is C13H17NO. The lowest BCUT2D eigenvalue weighted by molar-refractivity contribution is 0.234. The molecule has 80 valence electrons. The first-order chi connectivity index (χ1) is 7.40. The molecule has 2 nitrogen and oxygen atoms in total.